The number of aliphatic hydroxyl groups is 1. The number of phenols is 2. The highest BCUT2D eigenvalue weighted by Gasteiger charge is 2.50. The summed E-state index contributed by atoms with van der Waals surface area (Å²) in [6.07, 6.45) is 10.3. The van der Waals surface area contributed by atoms with E-state index < -0.39 is 53.0 Å². The van der Waals surface area contributed by atoms with Gasteiger partial charge in [-0.3, -0.25) is 29.3 Å². The number of hydrogen-bond donors (Lipinski definition) is 4. The lowest BCUT2D eigenvalue weighted by Crippen LogP contribution is -2.43. The molecule has 6 atom stereocenters. The first kappa shape index (κ1) is 51.5. The molecule has 71 heavy (non-hydrogen) atoms. The van der Waals surface area contributed by atoms with Crippen molar-refractivity contribution in [3.05, 3.63) is 88.1 Å². The highest BCUT2D eigenvalue weighted by Crippen LogP contribution is 2.50. The Hall–Kier alpha value is -5.84. The zero-order valence-electron chi connectivity index (χ0n) is 42.5. The summed E-state index contributed by atoms with van der Waals surface area (Å²) in [6.45, 7) is 20.1. The maximum absolute atomic E-state index is 14.8. The van der Waals surface area contributed by atoms with Gasteiger partial charge in [0.2, 0.25) is 0 Å². The highest BCUT2D eigenvalue weighted by molar-refractivity contribution is 6.19. The molecule has 1 spiro atoms. The van der Waals surface area contributed by atoms with E-state index in [1.54, 1.807) is 44.2 Å². The van der Waals surface area contributed by atoms with Gasteiger partial charge in [0.1, 0.15) is 34.5 Å². The monoisotopic (exact) mass is 979 g/mol. The van der Waals surface area contributed by atoms with Crippen molar-refractivity contribution in [1.29, 1.82) is 0 Å². The average Bonchev–Trinajstić information content (AvgIpc) is 3.71. The number of carbonyl (C=O) groups excluding carboxylic acids is 3. The fourth-order valence-corrected chi connectivity index (χ4v) is 10.9. The van der Waals surface area contributed by atoms with Crippen molar-refractivity contribution in [2.75, 3.05) is 62.6 Å². The second-order valence-corrected chi connectivity index (χ2v) is 21.0. The number of phenolic OH excluding ortho intramolecular Hbond substituents is 2. The summed E-state index contributed by atoms with van der Waals surface area (Å²) in [6, 6.07) is 6.44. The van der Waals surface area contributed by atoms with Gasteiger partial charge in [-0.15, -0.1) is 0 Å². The predicted octanol–water partition coefficient (Wildman–Crippen LogP) is 7.24. The fourth-order valence-electron chi connectivity index (χ4n) is 10.9. The van der Waals surface area contributed by atoms with E-state index in [0.717, 1.165) is 38.3 Å². The van der Waals surface area contributed by atoms with Crippen molar-refractivity contribution in [2.24, 2.45) is 33.7 Å². The molecule has 9 rings (SSSR count). The molecule has 3 aromatic carbocycles. The Balaban J connectivity index is 1.10. The van der Waals surface area contributed by atoms with Gasteiger partial charge in [0.15, 0.2) is 11.4 Å². The number of likely N-dealkylation sites (tertiary alicyclic amines) is 1. The number of allylic oxidation sites excluding steroid dienone is 4. The summed E-state index contributed by atoms with van der Waals surface area (Å²) in [5, 5.41) is 39.4. The van der Waals surface area contributed by atoms with E-state index >= 15 is 0 Å². The molecule has 0 aliphatic carbocycles. The molecule has 6 aliphatic rings. The molecule has 6 aliphatic heterocycles. The van der Waals surface area contributed by atoms with Gasteiger partial charge < -0.3 is 44.6 Å². The number of nitrogens with one attached hydrogen (secondary N) is 1. The molecule has 6 heterocycles. The number of fused-ring (bicyclic) bond motifs is 13. The van der Waals surface area contributed by atoms with Crippen LogP contribution in [0.25, 0.3) is 10.8 Å². The van der Waals surface area contributed by atoms with Crippen molar-refractivity contribution >= 4 is 39.8 Å². The third-order valence-corrected chi connectivity index (χ3v) is 14.9. The standard InChI is InChI=1S/C55H71FN6O9/c1-32(2)30-61-24-20-55(21-25-61)58-45-42-43-49(65)37(7)51-44(42)52(67)54(8,71-51)69-28-10-9-15-40(70-41(63)31-60-22-12-23-62(27-26-60)39-18-16-38(56)17-19-39)36(6)48(64)35(5)29-33(3)13-11-14-34(4)53(68)57-47(50(43)66)46(45)59-55/h10-11,13-14,16-19,28,32-33,35-36,40,48,64-66H,9,12,15,20-27,29-31H2,1-8H3,(H,57,68)/b13-11+,28-10+,34-14-/t33?,35-,36+,40?,48?,54?/m1/s1. The number of halogens is 1. The number of aromatic hydroxyl groups is 2. The van der Waals surface area contributed by atoms with Crippen LogP contribution in [0.3, 0.4) is 0 Å². The molecule has 2 saturated heterocycles. The third-order valence-electron chi connectivity index (χ3n) is 14.9. The largest absolute Gasteiger partial charge is 0.507 e. The number of amides is 1. The second kappa shape index (κ2) is 21.1. The molecule has 0 saturated carbocycles. The molecular formula is C55H71FN6O9. The average molecular weight is 979 g/mol. The third kappa shape index (κ3) is 10.8. The Morgan fingerprint density at radius 3 is 2.39 bits per heavy atom. The van der Waals surface area contributed by atoms with Gasteiger partial charge in [-0.1, -0.05) is 52.8 Å². The number of piperidine rings is 1. The van der Waals surface area contributed by atoms with Crippen molar-refractivity contribution in [3.8, 4) is 17.2 Å². The number of ether oxygens (including phenoxy) is 3. The number of ketones is 1. The van der Waals surface area contributed by atoms with Crippen LogP contribution in [-0.4, -0.2) is 119 Å². The minimum Gasteiger partial charge on any atom is -0.507 e. The number of carbonyl (C=O) groups is 3. The van der Waals surface area contributed by atoms with Crippen LogP contribution in [0.1, 0.15) is 103 Å². The molecule has 2 fully saturated rings. The molecule has 3 aromatic rings. The Labute approximate surface area is 415 Å². The van der Waals surface area contributed by atoms with E-state index in [4.69, 9.17) is 24.2 Å². The van der Waals surface area contributed by atoms with Crippen molar-refractivity contribution in [1.82, 2.24) is 9.80 Å². The topological polar surface area (TPSA) is 186 Å². The van der Waals surface area contributed by atoms with E-state index in [-0.39, 0.29) is 74.0 Å². The molecule has 0 aromatic heterocycles. The number of hydrogen-bond acceptors (Lipinski definition) is 14. The van der Waals surface area contributed by atoms with Crippen molar-refractivity contribution in [2.45, 2.75) is 118 Å². The Kier molecular flexibility index (Phi) is 15.3. The van der Waals surface area contributed by atoms with Gasteiger partial charge in [0, 0.05) is 93.7 Å². The normalized spacial score (nSPS) is 28.3. The molecule has 1 amide bonds. The Bertz CT molecular complexity index is 2750. The summed E-state index contributed by atoms with van der Waals surface area (Å²) in [4.78, 5) is 59.6. The maximum Gasteiger partial charge on any atom is 0.320 e. The van der Waals surface area contributed by atoms with E-state index in [2.05, 4.69) is 33.9 Å². The van der Waals surface area contributed by atoms with E-state index in [1.165, 1.54) is 25.3 Å². The lowest BCUT2D eigenvalue weighted by atomic mass is 9.83. The van der Waals surface area contributed by atoms with Crippen LogP contribution < -0.4 is 25.7 Å². The lowest BCUT2D eigenvalue weighted by molar-refractivity contribution is -0.156. The summed E-state index contributed by atoms with van der Waals surface area (Å²) in [7, 11) is 0. The first-order valence-corrected chi connectivity index (χ1v) is 25.4. The number of nitrogens with zero attached hydrogens (tertiary/aromatic N) is 5. The number of esters is 1. The summed E-state index contributed by atoms with van der Waals surface area (Å²) in [5.41, 5.74) is 0.580. The minimum absolute atomic E-state index is 0.00141. The van der Waals surface area contributed by atoms with Crippen LogP contribution in [0.5, 0.6) is 17.2 Å². The number of Topliss-reactive ketones (excluding diaryl/α,β-unsaturated/α-hetero) is 1. The van der Waals surface area contributed by atoms with Crippen LogP contribution in [0, 0.1) is 36.4 Å². The molecule has 4 unspecified atom stereocenters. The number of anilines is 2. The molecule has 382 valence electrons. The molecule has 15 nitrogen and oxygen atoms in total. The highest BCUT2D eigenvalue weighted by atomic mass is 19.1. The summed E-state index contributed by atoms with van der Waals surface area (Å²) < 4.78 is 32.4. The Morgan fingerprint density at radius 1 is 0.958 bits per heavy atom. The van der Waals surface area contributed by atoms with E-state index in [1.807, 2.05) is 26.8 Å². The Morgan fingerprint density at radius 2 is 1.68 bits per heavy atom. The first-order chi connectivity index (χ1) is 33.8. The maximum atomic E-state index is 14.8. The van der Waals surface area contributed by atoms with Crippen LogP contribution in [0.2, 0.25) is 0 Å². The van der Waals surface area contributed by atoms with Crippen LogP contribution in [0.4, 0.5) is 15.8 Å². The van der Waals surface area contributed by atoms with Gasteiger partial charge in [0.05, 0.1) is 35.2 Å². The molecular weight excluding hydrogens is 908 g/mol. The lowest BCUT2D eigenvalue weighted by Gasteiger charge is -2.36. The molecule has 4 N–H and O–H groups in total. The molecule has 0 radical (unpaired) electrons. The van der Waals surface area contributed by atoms with Gasteiger partial charge in [-0.2, -0.15) is 0 Å². The van der Waals surface area contributed by atoms with E-state index in [9.17, 15) is 34.1 Å². The van der Waals surface area contributed by atoms with E-state index in [0.29, 0.717) is 63.2 Å². The van der Waals surface area contributed by atoms with Crippen molar-refractivity contribution < 1.29 is 48.3 Å². The van der Waals surface area contributed by atoms with Gasteiger partial charge >= 0.3 is 11.8 Å². The zero-order valence-corrected chi connectivity index (χ0v) is 42.5. The molecule has 16 heteroatoms. The van der Waals surface area contributed by atoms with Crippen LogP contribution >= 0.6 is 0 Å². The smallest absolute Gasteiger partial charge is 0.320 e. The van der Waals surface area contributed by atoms with Gasteiger partial charge in [0.25, 0.3) is 11.7 Å². The SMILES string of the molecule is C/C1=C/C=C/C(C)C[C@@H](C)C(O)[C@@H](C)C(OC(=O)CN2CCCN(c3ccc(F)cc3)CC2)CC/C=C/OC2(C)Oc3c(C)c(O)c4c(O)c(c5c(c4c3C2=O)=NC2(CCN(CC(C)C)CC2)N=5)NC1=O. The second-order valence-electron chi connectivity index (χ2n) is 21.0. The summed E-state index contributed by atoms with van der Waals surface area (Å²) >= 11 is 0. The van der Waals surface area contributed by atoms with Crippen LogP contribution in [0.15, 0.2) is 70.4 Å². The number of benzene rings is 3. The van der Waals surface area contributed by atoms with Gasteiger partial charge in [-0.05, 0) is 87.6 Å². The first-order valence-electron chi connectivity index (χ1n) is 25.4. The summed E-state index contributed by atoms with van der Waals surface area (Å²) in [5.74, 6) is -4.54. The number of aliphatic hydroxyl groups excluding tert-OH is 1. The fraction of sp³-hybridized carbons (Fsp3) is 0.545. The van der Waals surface area contributed by atoms with Crippen molar-refractivity contribution in [3.63, 3.8) is 0 Å². The minimum atomic E-state index is -1.89. The predicted molar refractivity (Wildman–Crippen MR) is 270 cm³/mol. The molecule has 5 bridgehead atoms. The van der Waals surface area contributed by atoms with Crippen LogP contribution in [-0.2, 0) is 19.1 Å². The number of rotatable bonds is 6. The van der Waals surface area contributed by atoms with Gasteiger partial charge in [-0.25, -0.2) is 4.39 Å². The quantitative estimate of drug-likeness (QED) is 0.144. The zero-order chi connectivity index (χ0) is 50.9.